The van der Waals surface area contributed by atoms with Crippen LogP contribution in [0.1, 0.15) is 21.5 Å². The third-order valence-electron chi connectivity index (χ3n) is 3.06. The van der Waals surface area contributed by atoms with Gasteiger partial charge in [0.05, 0.1) is 19.1 Å². The van der Waals surface area contributed by atoms with Gasteiger partial charge in [-0.2, -0.15) is 0 Å². The van der Waals surface area contributed by atoms with Crippen molar-refractivity contribution in [3.63, 3.8) is 0 Å². The van der Waals surface area contributed by atoms with Crippen LogP contribution in [0.15, 0.2) is 42.6 Å². The van der Waals surface area contributed by atoms with Crippen molar-refractivity contribution in [1.82, 2.24) is 4.98 Å². The Labute approximate surface area is 123 Å². The standard InChI is InChI=1S/C16H16N2O3/c1-11-5-3-4-6-12(11)9-15(19)18-14-8-7-13(10-17-14)16(20)21-2/h3-8,10H,9H2,1-2H3,(H,17,18,19). The summed E-state index contributed by atoms with van der Waals surface area (Å²) in [5, 5.41) is 2.70. The first-order valence-electron chi connectivity index (χ1n) is 6.49. The number of ether oxygens (including phenoxy) is 1. The minimum atomic E-state index is -0.458. The van der Waals surface area contributed by atoms with Crippen molar-refractivity contribution in [3.05, 3.63) is 59.3 Å². The zero-order chi connectivity index (χ0) is 15.2. The highest BCUT2D eigenvalue weighted by Gasteiger charge is 2.09. The van der Waals surface area contributed by atoms with Crippen LogP contribution in [0.25, 0.3) is 0 Å². The number of anilines is 1. The second-order valence-electron chi connectivity index (χ2n) is 4.58. The molecule has 0 fully saturated rings. The number of methoxy groups -OCH3 is 1. The van der Waals surface area contributed by atoms with Gasteiger partial charge in [0, 0.05) is 6.20 Å². The number of esters is 1. The number of rotatable bonds is 4. The molecule has 5 heteroatoms. The molecule has 0 atom stereocenters. The normalized spacial score (nSPS) is 10.0. The van der Waals surface area contributed by atoms with E-state index < -0.39 is 5.97 Å². The summed E-state index contributed by atoms with van der Waals surface area (Å²) >= 11 is 0. The summed E-state index contributed by atoms with van der Waals surface area (Å²) < 4.78 is 4.58. The number of amides is 1. The van der Waals surface area contributed by atoms with Crippen LogP contribution in [-0.4, -0.2) is 24.0 Å². The summed E-state index contributed by atoms with van der Waals surface area (Å²) in [4.78, 5) is 27.3. The van der Waals surface area contributed by atoms with Crippen molar-refractivity contribution in [3.8, 4) is 0 Å². The summed E-state index contributed by atoms with van der Waals surface area (Å²) in [6.07, 6.45) is 1.66. The highest BCUT2D eigenvalue weighted by Crippen LogP contribution is 2.10. The smallest absolute Gasteiger partial charge is 0.339 e. The number of nitrogens with zero attached hydrogens (tertiary/aromatic N) is 1. The molecule has 1 heterocycles. The number of aryl methyl sites for hydroxylation is 1. The van der Waals surface area contributed by atoms with Crippen LogP contribution < -0.4 is 5.32 Å². The van der Waals surface area contributed by atoms with Crippen LogP contribution in [0.3, 0.4) is 0 Å². The predicted molar refractivity (Wildman–Crippen MR) is 79.1 cm³/mol. The zero-order valence-electron chi connectivity index (χ0n) is 11.9. The Morgan fingerprint density at radius 1 is 1.19 bits per heavy atom. The molecular weight excluding hydrogens is 268 g/mol. The molecule has 1 N–H and O–H groups in total. The predicted octanol–water partition coefficient (Wildman–Crippen LogP) is 2.36. The van der Waals surface area contributed by atoms with E-state index in [1.165, 1.54) is 13.3 Å². The average Bonchev–Trinajstić information content (AvgIpc) is 2.49. The molecule has 0 unspecified atom stereocenters. The maximum atomic E-state index is 12.0. The monoisotopic (exact) mass is 284 g/mol. The first kappa shape index (κ1) is 14.7. The molecule has 0 spiro atoms. The third kappa shape index (κ3) is 3.89. The molecule has 1 amide bonds. The Morgan fingerprint density at radius 2 is 1.95 bits per heavy atom. The highest BCUT2D eigenvalue weighted by molar-refractivity contribution is 5.92. The zero-order valence-corrected chi connectivity index (χ0v) is 11.9. The second kappa shape index (κ2) is 6.65. The van der Waals surface area contributed by atoms with E-state index in [1.54, 1.807) is 12.1 Å². The summed E-state index contributed by atoms with van der Waals surface area (Å²) in [5.74, 6) is -0.204. The largest absolute Gasteiger partial charge is 0.465 e. The van der Waals surface area contributed by atoms with Crippen molar-refractivity contribution in [2.45, 2.75) is 13.3 Å². The van der Waals surface area contributed by atoms with Crippen LogP contribution in [0.5, 0.6) is 0 Å². The number of nitrogens with one attached hydrogen (secondary N) is 1. The van der Waals surface area contributed by atoms with Gasteiger partial charge >= 0.3 is 5.97 Å². The van der Waals surface area contributed by atoms with E-state index in [1.807, 2.05) is 31.2 Å². The van der Waals surface area contributed by atoms with E-state index in [0.29, 0.717) is 11.4 Å². The lowest BCUT2D eigenvalue weighted by Gasteiger charge is -2.07. The lowest BCUT2D eigenvalue weighted by molar-refractivity contribution is -0.115. The molecule has 1 aromatic heterocycles. The quantitative estimate of drug-likeness (QED) is 0.875. The molecule has 0 aliphatic rings. The average molecular weight is 284 g/mol. The SMILES string of the molecule is COC(=O)c1ccc(NC(=O)Cc2ccccc2C)nc1. The Morgan fingerprint density at radius 3 is 2.57 bits per heavy atom. The van der Waals surface area contributed by atoms with E-state index in [4.69, 9.17) is 0 Å². The molecule has 0 aliphatic carbocycles. The number of hydrogen-bond donors (Lipinski definition) is 1. The first-order valence-corrected chi connectivity index (χ1v) is 6.49. The van der Waals surface area contributed by atoms with Gasteiger partial charge in [0.15, 0.2) is 0 Å². The van der Waals surface area contributed by atoms with Crippen LogP contribution in [0.2, 0.25) is 0 Å². The molecule has 1 aromatic carbocycles. The topological polar surface area (TPSA) is 68.3 Å². The van der Waals surface area contributed by atoms with Gasteiger partial charge < -0.3 is 10.1 Å². The summed E-state index contributed by atoms with van der Waals surface area (Å²) in [6.45, 7) is 1.96. The van der Waals surface area contributed by atoms with E-state index in [2.05, 4.69) is 15.0 Å². The Hall–Kier alpha value is -2.69. The van der Waals surface area contributed by atoms with E-state index in [-0.39, 0.29) is 12.3 Å². The maximum Gasteiger partial charge on any atom is 0.339 e. The van der Waals surface area contributed by atoms with Gasteiger partial charge in [-0.1, -0.05) is 24.3 Å². The molecule has 0 radical (unpaired) electrons. The van der Waals surface area contributed by atoms with Gasteiger partial charge in [-0.05, 0) is 30.2 Å². The summed E-state index contributed by atoms with van der Waals surface area (Å²) in [6, 6.07) is 10.8. The van der Waals surface area contributed by atoms with E-state index in [9.17, 15) is 9.59 Å². The minimum Gasteiger partial charge on any atom is -0.465 e. The fourth-order valence-electron chi connectivity index (χ4n) is 1.87. The van der Waals surface area contributed by atoms with Gasteiger partial charge in [-0.15, -0.1) is 0 Å². The van der Waals surface area contributed by atoms with Crippen LogP contribution in [0, 0.1) is 6.92 Å². The van der Waals surface area contributed by atoms with Gasteiger partial charge in [-0.3, -0.25) is 4.79 Å². The molecule has 2 rings (SSSR count). The highest BCUT2D eigenvalue weighted by atomic mass is 16.5. The summed E-state index contributed by atoms with van der Waals surface area (Å²) in [7, 11) is 1.31. The van der Waals surface area contributed by atoms with Gasteiger partial charge in [0.2, 0.25) is 5.91 Å². The lowest BCUT2D eigenvalue weighted by atomic mass is 10.1. The molecular formula is C16H16N2O3. The van der Waals surface area contributed by atoms with Crippen molar-refractivity contribution >= 4 is 17.7 Å². The van der Waals surface area contributed by atoms with Crippen LogP contribution >= 0.6 is 0 Å². The third-order valence-corrected chi connectivity index (χ3v) is 3.06. The van der Waals surface area contributed by atoms with E-state index >= 15 is 0 Å². The molecule has 0 aliphatic heterocycles. The van der Waals surface area contributed by atoms with Crippen molar-refractivity contribution < 1.29 is 14.3 Å². The van der Waals surface area contributed by atoms with Crippen LogP contribution in [-0.2, 0) is 16.0 Å². The van der Waals surface area contributed by atoms with Crippen molar-refractivity contribution in [1.29, 1.82) is 0 Å². The fourth-order valence-corrected chi connectivity index (χ4v) is 1.87. The Kier molecular flexibility index (Phi) is 4.66. The molecule has 0 bridgehead atoms. The lowest BCUT2D eigenvalue weighted by Crippen LogP contribution is -2.16. The number of benzene rings is 1. The molecule has 21 heavy (non-hydrogen) atoms. The van der Waals surface area contributed by atoms with E-state index in [0.717, 1.165) is 11.1 Å². The molecule has 108 valence electrons. The number of aromatic nitrogens is 1. The number of carbonyl (C=O) groups is 2. The number of carbonyl (C=O) groups excluding carboxylic acids is 2. The molecule has 0 saturated heterocycles. The number of hydrogen-bond acceptors (Lipinski definition) is 4. The minimum absolute atomic E-state index is 0.150. The fraction of sp³-hybridized carbons (Fsp3) is 0.188. The Bertz CT molecular complexity index is 651. The molecule has 2 aromatic rings. The molecule has 5 nitrogen and oxygen atoms in total. The second-order valence-corrected chi connectivity index (χ2v) is 4.58. The van der Waals surface area contributed by atoms with Crippen molar-refractivity contribution in [2.24, 2.45) is 0 Å². The molecule has 0 saturated carbocycles. The van der Waals surface area contributed by atoms with Crippen LogP contribution in [0.4, 0.5) is 5.82 Å². The van der Waals surface area contributed by atoms with Gasteiger partial charge in [0.25, 0.3) is 0 Å². The Balaban J connectivity index is 2.00. The van der Waals surface area contributed by atoms with Gasteiger partial charge in [0.1, 0.15) is 5.82 Å². The summed E-state index contributed by atoms with van der Waals surface area (Å²) in [5.41, 5.74) is 2.39. The first-order chi connectivity index (χ1) is 10.1. The maximum absolute atomic E-state index is 12.0. The number of pyridine rings is 1. The van der Waals surface area contributed by atoms with Crippen molar-refractivity contribution in [2.75, 3.05) is 12.4 Å². The van der Waals surface area contributed by atoms with Gasteiger partial charge in [-0.25, -0.2) is 9.78 Å².